The zero-order chi connectivity index (χ0) is 21.8. The van der Waals surface area contributed by atoms with Crippen molar-refractivity contribution in [1.29, 1.82) is 5.26 Å². The van der Waals surface area contributed by atoms with Crippen molar-refractivity contribution in [3.63, 3.8) is 0 Å². The van der Waals surface area contributed by atoms with Gasteiger partial charge in [0.1, 0.15) is 23.2 Å². The number of methoxy groups -OCH3 is 1. The van der Waals surface area contributed by atoms with Crippen molar-refractivity contribution in [2.24, 2.45) is 0 Å². The minimum atomic E-state index is -0.482. The summed E-state index contributed by atoms with van der Waals surface area (Å²) in [4.78, 5) is 14.5. The number of ether oxygens (including phenoxy) is 1. The van der Waals surface area contributed by atoms with Gasteiger partial charge in [0.2, 0.25) is 0 Å². The van der Waals surface area contributed by atoms with E-state index in [4.69, 9.17) is 4.74 Å². The summed E-state index contributed by atoms with van der Waals surface area (Å²) in [6.45, 7) is 1.12. The molecule has 31 heavy (non-hydrogen) atoms. The molecule has 156 valence electrons. The molecule has 0 saturated carbocycles. The molecule has 0 bridgehead atoms. The standard InChI is InChI=1S/C23H20FN5O2/c1-31-19-8-6-18(7-9-19)26-23(30)16(12-25)13-29-11-10-21-20(14-29)22(28-27-21)15-2-4-17(24)5-3-15/h2-9,13H,10-11,14H2,1H3,(H,26,30)(H,27,28)/b16-13+. The van der Waals surface area contributed by atoms with Gasteiger partial charge in [0, 0.05) is 48.2 Å². The number of benzene rings is 2. The number of H-pyrrole nitrogens is 1. The molecule has 2 heterocycles. The number of halogens is 1. The zero-order valence-corrected chi connectivity index (χ0v) is 16.9. The molecule has 1 aliphatic rings. The third-order valence-corrected chi connectivity index (χ3v) is 5.11. The average Bonchev–Trinajstić information content (AvgIpc) is 3.21. The lowest BCUT2D eigenvalue weighted by molar-refractivity contribution is -0.112. The van der Waals surface area contributed by atoms with Gasteiger partial charge in [0.15, 0.2) is 0 Å². The molecule has 1 aliphatic heterocycles. The maximum atomic E-state index is 13.3. The van der Waals surface area contributed by atoms with E-state index in [1.54, 1.807) is 49.7 Å². The van der Waals surface area contributed by atoms with Gasteiger partial charge in [-0.3, -0.25) is 9.89 Å². The topological polar surface area (TPSA) is 94.0 Å². The number of hydrogen-bond acceptors (Lipinski definition) is 5. The Balaban J connectivity index is 1.51. The Morgan fingerprint density at radius 3 is 2.68 bits per heavy atom. The number of aromatic nitrogens is 2. The second-order valence-corrected chi connectivity index (χ2v) is 7.09. The number of rotatable bonds is 5. The first kappa shape index (κ1) is 20.2. The molecule has 1 amide bonds. The number of nitriles is 1. The van der Waals surface area contributed by atoms with Crippen molar-refractivity contribution in [2.45, 2.75) is 13.0 Å². The third kappa shape index (κ3) is 4.41. The molecule has 3 aromatic rings. The van der Waals surface area contributed by atoms with Crippen LogP contribution in [-0.4, -0.2) is 34.7 Å². The number of carbonyl (C=O) groups is 1. The lowest BCUT2D eigenvalue weighted by atomic mass is 10.0. The molecule has 0 atom stereocenters. The van der Waals surface area contributed by atoms with E-state index in [9.17, 15) is 14.4 Å². The molecular formula is C23H20FN5O2. The summed E-state index contributed by atoms with van der Waals surface area (Å²) in [5.74, 6) is -0.112. The Morgan fingerprint density at radius 1 is 1.26 bits per heavy atom. The van der Waals surface area contributed by atoms with Crippen LogP contribution in [0.15, 0.2) is 60.3 Å². The van der Waals surface area contributed by atoms with E-state index in [1.165, 1.54) is 12.1 Å². The predicted molar refractivity (Wildman–Crippen MR) is 113 cm³/mol. The van der Waals surface area contributed by atoms with Gasteiger partial charge in [-0.25, -0.2) is 4.39 Å². The van der Waals surface area contributed by atoms with Crippen LogP contribution in [0.3, 0.4) is 0 Å². The second kappa shape index (κ2) is 8.71. The van der Waals surface area contributed by atoms with E-state index in [0.717, 1.165) is 22.5 Å². The van der Waals surface area contributed by atoms with Gasteiger partial charge in [-0.05, 0) is 48.5 Å². The van der Waals surface area contributed by atoms with Crippen molar-refractivity contribution in [3.8, 4) is 23.1 Å². The molecule has 8 heteroatoms. The number of nitrogens with one attached hydrogen (secondary N) is 2. The Kier molecular flexibility index (Phi) is 5.67. The van der Waals surface area contributed by atoms with Gasteiger partial charge >= 0.3 is 0 Å². The number of carbonyl (C=O) groups excluding carboxylic acids is 1. The number of anilines is 1. The van der Waals surface area contributed by atoms with Gasteiger partial charge in [-0.15, -0.1) is 0 Å². The summed E-state index contributed by atoms with van der Waals surface area (Å²) < 4.78 is 18.4. The summed E-state index contributed by atoms with van der Waals surface area (Å²) in [5, 5.41) is 19.7. The Morgan fingerprint density at radius 2 is 2.00 bits per heavy atom. The maximum absolute atomic E-state index is 13.3. The van der Waals surface area contributed by atoms with Crippen LogP contribution in [-0.2, 0) is 17.8 Å². The quantitative estimate of drug-likeness (QED) is 0.488. The molecule has 0 spiro atoms. The molecule has 0 saturated heterocycles. The number of aromatic amines is 1. The largest absolute Gasteiger partial charge is 0.497 e. The summed E-state index contributed by atoms with van der Waals surface area (Å²) in [5.41, 5.74) is 4.11. The highest BCUT2D eigenvalue weighted by molar-refractivity contribution is 6.06. The fourth-order valence-electron chi connectivity index (χ4n) is 3.47. The van der Waals surface area contributed by atoms with Gasteiger partial charge in [0.25, 0.3) is 5.91 Å². The predicted octanol–water partition coefficient (Wildman–Crippen LogP) is 3.63. The van der Waals surface area contributed by atoms with Crippen LogP contribution in [0.25, 0.3) is 11.3 Å². The first-order valence-corrected chi connectivity index (χ1v) is 9.71. The van der Waals surface area contributed by atoms with Crippen LogP contribution in [0.5, 0.6) is 5.75 Å². The van der Waals surface area contributed by atoms with Gasteiger partial charge < -0.3 is 15.0 Å². The lowest BCUT2D eigenvalue weighted by Gasteiger charge is -2.26. The first-order chi connectivity index (χ1) is 15.1. The highest BCUT2D eigenvalue weighted by Gasteiger charge is 2.22. The van der Waals surface area contributed by atoms with E-state index >= 15 is 0 Å². The number of fused-ring (bicyclic) bond motifs is 1. The average molecular weight is 417 g/mol. The van der Waals surface area contributed by atoms with Crippen molar-refractivity contribution >= 4 is 11.6 Å². The Hall–Kier alpha value is -4.12. The van der Waals surface area contributed by atoms with Crippen molar-refractivity contribution in [1.82, 2.24) is 15.1 Å². The Labute approximate surface area is 178 Å². The van der Waals surface area contributed by atoms with Crippen LogP contribution in [0.4, 0.5) is 10.1 Å². The van der Waals surface area contributed by atoms with Crippen molar-refractivity contribution in [2.75, 3.05) is 19.0 Å². The number of hydrogen-bond donors (Lipinski definition) is 2. The van der Waals surface area contributed by atoms with E-state index in [-0.39, 0.29) is 11.4 Å². The van der Waals surface area contributed by atoms with E-state index in [1.807, 2.05) is 11.0 Å². The first-order valence-electron chi connectivity index (χ1n) is 9.71. The SMILES string of the molecule is COc1ccc(NC(=O)/C(C#N)=C/N2CCc3[nH]nc(-c4ccc(F)cc4)c3C2)cc1. The molecule has 0 aliphatic carbocycles. The number of amides is 1. The molecule has 0 fully saturated rings. The zero-order valence-electron chi connectivity index (χ0n) is 16.9. The minimum Gasteiger partial charge on any atom is -0.497 e. The normalized spacial score (nSPS) is 13.3. The van der Waals surface area contributed by atoms with Crippen molar-refractivity contribution < 1.29 is 13.9 Å². The van der Waals surface area contributed by atoms with Gasteiger partial charge in [-0.2, -0.15) is 10.4 Å². The van der Waals surface area contributed by atoms with E-state index in [2.05, 4.69) is 15.5 Å². The van der Waals surface area contributed by atoms with Crippen molar-refractivity contribution in [3.05, 3.63) is 77.4 Å². The molecule has 1 aromatic heterocycles. The fraction of sp³-hybridized carbons (Fsp3) is 0.174. The second-order valence-electron chi connectivity index (χ2n) is 7.09. The summed E-state index contributed by atoms with van der Waals surface area (Å²) in [6.07, 6.45) is 2.27. The summed E-state index contributed by atoms with van der Waals surface area (Å²) >= 11 is 0. The van der Waals surface area contributed by atoms with Crippen LogP contribution in [0.2, 0.25) is 0 Å². The van der Waals surface area contributed by atoms with Crippen LogP contribution in [0.1, 0.15) is 11.3 Å². The highest BCUT2D eigenvalue weighted by atomic mass is 19.1. The summed E-state index contributed by atoms with van der Waals surface area (Å²) in [7, 11) is 1.57. The van der Waals surface area contributed by atoms with E-state index < -0.39 is 5.91 Å². The molecule has 2 aromatic carbocycles. The lowest BCUT2D eigenvalue weighted by Crippen LogP contribution is -2.27. The summed E-state index contributed by atoms with van der Waals surface area (Å²) in [6, 6.07) is 15.0. The number of nitrogens with zero attached hydrogens (tertiary/aromatic N) is 3. The minimum absolute atomic E-state index is 0.00564. The highest BCUT2D eigenvalue weighted by Crippen LogP contribution is 2.29. The monoisotopic (exact) mass is 417 g/mol. The fourth-order valence-corrected chi connectivity index (χ4v) is 3.47. The molecular weight excluding hydrogens is 397 g/mol. The molecule has 0 unspecified atom stereocenters. The maximum Gasteiger partial charge on any atom is 0.267 e. The van der Waals surface area contributed by atoms with Gasteiger partial charge in [-0.1, -0.05) is 0 Å². The molecule has 4 rings (SSSR count). The van der Waals surface area contributed by atoms with E-state index in [0.29, 0.717) is 30.9 Å². The van der Waals surface area contributed by atoms with Crippen LogP contribution >= 0.6 is 0 Å². The molecule has 2 N–H and O–H groups in total. The molecule has 7 nitrogen and oxygen atoms in total. The van der Waals surface area contributed by atoms with Gasteiger partial charge in [0.05, 0.1) is 12.8 Å². The third-order valence-electron chi connectivity index (χ3n) is 5.11. The smallest absolute Gasteiger partial charge is 0.267 e. The molecule has 0 radical (unpaired) electrons. The van der Waals surface area contributed by atoms with Crippen LogP contribution in [0, 0.1) is 17.1 Å². The van der Waals surface area contributed by atoms with Crippen LogP contribution < -0.4 is 10.1 Å². The Bertz CT molecular complexity index is 1160.